The van der Waals surface area contributed by atoms with Crippen molar-refractivity contribution in [3.63, 3.8) is 0 Å². The van der Waals surface area contributed by atoms with Gasteiger partial charge in [-0.15, -0.1) is 0 Å². The average Bonchev–Trinajstić information content (AvgIpc) is 2.80. The Morgan fingerprint density at radius 1 is 1.20 bits per heavy atom. The zero-order valence-corrected chi connectivity index (χ0v) is 23.7. The minimum absolute atomic E-state index is 0.0232. The summed E-state index contributed by atoms with van der Waals surface area (Å²) in [6.07, 6.45) is 14.6. The van der Waals surface area contributed by atoms with E-state index in [-0.39, 0.29) is 24.5 Å². The Bertz CT molecular complexity index is 829. The first kappa shape index (κ1) is 29.9. The molecule has 0 radical (unpaired) electrons. The highest BCUT2D eigenvalue weighted by Gasteiger charge is 2.55. The van der Waals surface area contributed by atoms with Gasteiger partial charge in [0.15, 0.2) is 0 Å². The fourth-order valence-electron chi connectivity index (χ4n) is 6.57. The number of aliphatic hydroxyl groups is 3. The van der Waals surface area contributed by atoms with Gasteiger partial charge in [-0.25, -0.2) is 0 Å². The van der Waals surface area contributed by atoms with Crippen LogP contribution in [0.25, 0.3) is 0 Å². The van der Waals surface area contributed by atoms with Crippen LogP contribution in [0.5, 0.6) is 0 Å². The van der Waals surface area contributed by atoms with Gasteiger partial charge >= 0.3 is 0 Å². The lowest BCUT2D eigenvalue weighted by molar-refractivity contribution is -0.147. The topological polar surface area (TPSA) is 69.9 Å². The predicted octanol–water partition coefficient (Wildman–Crippen LogP) is 6.73. The maximum absolute atomic E-state index is 11.6. The van der Waals surface area contributed by atoms with Crippen LogP contribution in [0.1, 0.15) is 93.4 Å². The molecule has 0 aliphatic heterocycles. The Balaban J connectivity index is 2.28. The van der Waals surface area contributed by atoms with Crippen LogP contribution in [0.3, 0.4) is 0 Å². The molecule has 5 atom stereocenters. The Hall–Kier alpha value is -1.36. The van der Waals surface area contributed by atoms with E-state index < -0.39 is 11.0 Å². The number of rotatable bonds is 10. The van der Waals surface area contributed by atoms with E-state index in [0.29, 0.717) is 31.1 Å². The highest BCUT2D eigenvalue weighted by atomic mass is 16.5. The minimum atomic E-state index is -0.985. The fourth-order valence-corrected chi connectivity index (χ4v) is 6.57. The third-order valence-electron chi connectivity index (χ3n) is 9.70. The summed E-state index contributed by atoms with van der Waals surface area (Å²) >= 11 is 0. The van der Waals surface area contributed by atoms with Gasteiger partial charge in [-0.3, -0.25) is 0 Å². The number of aliphatic hydroxyl groups excluding tert-OH is 2. The molecule has 0 aromatic rings. The minimum Gasteiger partial charge on any atom is -0.501 e. The molecule has 1 saturated carbocycles. The van der Waals surface area contributed by atoms with E-state index in [9.17, 15) is 15.3 Å². The predicted molar refractivity (Wildman–Crippen MR) is 146 cm³/mol. The molecule has 35 heavy (non-hydrogen) atoms. The zero-order valence-electron chi connectivity index (χ0n) is 23.7. The number of allylic oxidation sites excluding steroid dienone is 8. The summed E-state index contributed by atoms with van der Waals surface area (Å²) in [4.78, 5) is 0. The molecule has 0 amide bonds. The molecule has 0 aromatic heterocycles. The van der Waals surface area contributed by atoms with Gasteiger partial charge in [-0.1, -0.05) is 56.2 Å². The van der Waals surface area contributed by atoms with Gasteiger partial charge in [-0.05, 0) is 95.5 Å². The second kappa shape index (κ2) is 12.3. The lowest BCUT2D eigenvalue weighted by Gasteiger charge is -2.54. The first-order valence-electron chi connectivity index (χ1n) is 13.6. The Morgan fingerprint density at radius 3 is 2.49 bits per heavy atom. The summed E-state index contributed by atoms with van der Waals surface area (Å²) in [5.41, 5.74) is 2.43. The molecule has 1 fully saturated rings. The molecule has 200 valence electrons. The van der Waals surface area contributed by atoms with Crippen molar-refractivity contribution in [2.45, 2.75) is 99.0 Å². The van der Waals surface area contributed by atoms with E-state index in [1.807, 2.05) is 13.8 Å². The van der Waals surface area contributed by atoms with Gasteiger partial charge in [0, 0.05) is 17.9 Å². The molecule has 2 rings (SSSR count). The van der Waals surface area contributed by atoms with Crippen LogP contribution in [-0.4, -0.2) is 41.2 Å². The van der Waals surface area contributed by atoms with Gasteiger partial charge in [0.1, 0.15) is 0 Å². The Kier molecular flexibility index (Phi) is 10.5. The van der Waals surface area contributed by atoms with E-state index in [1.54, 1.807) is 7.11 Å². The molecule has 0 heterocycles. The largest absolute Gasteiger partial charge is 0.501 e. The van der Waals surface area contributed by atoms with Crippen LogP contribution >= 0.6 is 0 Å². The Labute approximate surface area is 214 Å². The molecule has 3 N–H and O–H groups in total. The van der Waals surface area contributed by atoms with Crippen molar-refractivity contribution in [3.05, 3.63) is 46.8 Å². The molecular weight excluding hydrogens is 436 g/mol. The van der Waals surface area contributed by atoms with Gasteiger partial charge in [-0.2, -0.15) is 0 Å². The SMILES string of the molecule is CO/C(C)=C1/CC[C@](C)(O)[C@@](CO)(CC/C=C(C)/C=C/[C@@H]2C(C)=CC[C@H](C)C2(C)C)[C@@H]1CCCO. The normalized spacial score (nSPS) is 35.2. The van der Waals surface area contributed by atoms with Gasteiger partial charge in [0.05, 0.1) is 25.1 Å². The summed E-state index contributed by atoms with van der Waals surface area (Å²) in [5.74, 6) is 1.94. The third kappa shape index (κ3) is 6.32. The molecule has 0 aromatic carbocycles. The van der Waals surface area contributed by atoms with Crippen molar-refractivity contribution in [2.75, 3.05) is 20.3 Å². The summed E-state index contributed by atoms with van der Waals surface area (Å²) in [5, 5.41) is 31.8. The van der Waals surface area contributed by atoms with Crippen molar-refractivity contribution >= 4 is 0 Å². The molecule has 0 saturated heterocycles. The van der Waals surface area contributed by atoms with E-state index in [1.165, 1.54) is 16.7 Å². The quantitative estimate of drug-likeness (QED) is 0.181. The van der Waals surface area contributed by atoms with Crippen LogP contribution < -0.4 is 0 Å². The van der Waals surface area contributed by atoms with Crippen molar-refractivity contribution in [1.82, 2.24) is 0 Å². The highest BCUT2D eigenvalue weighted by molar-refractivity contribution is 5.26. The molecule has 0 unspecified atom stereocenters. The molecule has 2 aliphatic carbocycles. The number of hydrogen-bond donors (Lipinski definition) is 3. The van der Waals surface area contributed by atoms with E-state index >= 15 is 0 Å². The number of ether oxygens (including phenoxy) is 1. The second-order valence-electron chi connectivity index (χ2n) is 12.0. The monoisotopic (exact) mass is 488 g/mol. The van der Waals surface area contributed by atoms with Gasteiger partial charge in [0.25, 0.3) is 0 Å². The maximum Gasteiger partial charge on any atom is 0.0919 e. The number of hydrogen-bond acceptors (Lipinski definition) is 4. The van der Waals surface area contributed by atoms with Crippen molar-refractivity contribution in [3.8, 4) is 0 Å². The molecular formula is C31H52O4. The zero-order chi connectivity index (χ0) is 26.4. The lowest BCUT2D eigenvalue weighted by Crippen LogP contribution is -2.56. The summed E-state index contributed by atoms with van der Waals surface area (Å²) in [6, 6.07) is 0. The standard InChI is InChI=1S/C31H52O4/c1-22(13-16-27-23(2)14-15-24(3)29(27,5)6)11-9-18-31(21-33)28(12-10-20-32)26(25(4)35-8)17-19-30(31,7)34/h11,13-14,16,24,27-28,32-34H,9-10,12,15,17-21H2,1-8H3/b16-13+,22-11+,26-25-/t24-,27+,28+,30-,31+/m0/s1. The lowest BCUT2D eigenvalue weighted by atomic mass is 9.53. The summed E-state index contributed by atoms with van der Waals surface area (Å²) in [6.45, 7) is 15.4. The van der Waals surface area contributed by atoms with E-state index in [0.717, 1.165) is 31.4 Å². The molecule has 4 nitrogen and oxygen atoms in total. The Morgan fingerprint density at radius 2 is 1.89 bits per heavy atom. The van der Waals surface area contributed by atoms with Gasteiger partial charge in [0.2, 0.25) is 0 Å². The molecule has 0 bridgehead atoms. The van der Waals surface area contributed by atoms with Crippen LogP contribution in [0.15, 0.2) is 46.8 Å². The van der Waals surface area contributed by atoms with Crippen molar-refractivity contribution < 1.29 is 20.1 Å². The smallest absolute Gasteiger partial charge is 0.0919 e. The molecule has 2 aliphatic rings. The fraction of sp³-hybridized carbons (Fsp3) is 0.742. The average molecular weight is 489 g/mol. The second-order valence-corrected chi connectivity index (χ2v) is 12.0. The van der Waals surface area contributed by atoms with Crippen LogP contribution in [0.4, 0.5) is 0 Å². The van der Waals surface area contributed by atoms with Crippen LogP contribution in [0, 0.1) is 28.6 Å². The molecule has 4 heteroatoms. The van der Waals surface area contributed by atoms with E-state index in [2.05, 4.69) is 58.9 Å². The first-order valence-corrected chi connectivity index (χ1v) is 13.6. The summed E-state index contributed by atoms with van der Waals surface area (Å²) < 4.78 is 5.60. The van der Waals surface area contributed by atoms with E-state index in [4.69, 9.17) is 4.74 Å². The van der Waals surface area contributed by atoms with Gasteiger partial charge < -0.3 is 20.1 Å². The first-order chi connectivity index (χ1) is 16.4. The third-order valence-corrected chi connectivity index (χ3v) is 9.70. The summed E-state index contributed by atoms with van der Waals surface area (Å²) in [7, 11) is 1.68. The highest BCUT2D eigenvalue weighted by Crippen LogP contribution is 2.55. The van der Waals surface area contributed by atoms with Crippen molar-refractivity contribution in [2.24, 2.45) is 28.6 Å². The van der Waals surface area contributed by atoms with Crippen molar-refractivity contribution in [1.29, 1.82) is 0 Å². The maximum atomic E-state index is 11.6. The van der Waals surface area contributed by atoms with Crippen LogP contribution in [-0.2, 0) is 4.74 Å². The number of methoxy groups -OCH3 is 1. The molecule has 0 spiro atoms. The van der Waals surface area contributed by atoms with Crippen LogP contribution in [0.2, 0.25) is 0 Å².